The predicted octanol–water partition coefficient (Wildman–Crippen LogP) is 2.00. The molecule has 1 aromatic rings. The molecule has 0 aliphatic rings. The van der Waals surface area contributed by atoms with Crippen LogP contribution in [0, 0.1) is 10.1 Å². The molecular formula is C10H15NO5. The molecule has 0 saturated carbocycles. The van der Waals surface area contributed by atoms with E-state index in [4.69, 9.17) is 13.9 Å². The van der Waals surface area contributed by atoms with E-state index in [9.17, 15) is 10.1 Å². The fraction of sp³-hybridized carbons (Fsp3) is 0.600. The molecule has 0 aliphatic carbocycles. The summed E-state index contributed by atoms with van der Waals surface area (Å²) in [5.74, 6) is 0.233. The summed E-state index contributed by atoms with van der Waals surface area (Å²) in [7, 11) is 0. The lowest BCUT2D eigenvalue weighted by atomic mass is 10.2. The van der Waals surface area contributed by atoms with E-state index in [0.717, 1.165) is 0 Å². The van der Waals surface area contributed by atoms with Gasteiger partial charge in [0.25, 0.3) is 0 Å². The molecule has 0 aliphatic heterocycles. The van der Waals surface area contributed by atoms with Gasteiger partial charge in [-0.1, -0.05) is 0 Å². The van der Waals surface area contributed by atoms with Crippen molar-refractivity contribution < 1.29 is 18.8 Å². The van der Waals surface area contributed by atoms with Gasteiger partial charge in [0.15, 0.2) is 5.76 Å². The summed E-state index contributed by atoms with van der Waals surface area (Å²) in [6.45, 7) is 4.20. The van der Waals surface area contributed by atoms with Gasteiger partial charge in [-0.2, -0.15) is 0 Å². The van der Waals surface area contributed by atoms with Crippen LogP contribution in [-0.4, -0.2) is 24.4 Å². The first-order valence-electron chi connectivity index (χ1n) is 5.10. The van der Waals surface area contributed by atoms with Crippen LogP contribution in [0.2, 0.25) is 0 Å². The average molecular weight is 229 g/mol. The van der Waals surface area contributed by atoms with Crippen LogP contribution in [0.1, 0.15) is 25.6 Å². The second-order valence-corrected chi connectivity index (χ2v) is 3.02. The Morgan fingerprint density at radius 3 is 2.44 bits per heavy atom. The zero-order valence-electron chi connectivity index (χ0n) is 9.29. The molecular weight excluding hydrogens is 214 g/mol. The van der Waals surface area contributed by atoms with E-state index >= 15 is 0 Å². The molecule has 0 bridgehead atoms. The first-order chi connectivity index (χ1) is 7.70. The van der Waals surface area contributed by atoms with E-state index in [-0.39, 0.29) is 5.76 Å². The van der Waals surface area contributed by atoms with Gasteiger partial charge in [0.05, 0.1) is 6.26 Å². The second-order valence-electron chi connectivity index (χ2n) is 3.02. The predicted molar refractivity (Wildman–Crippen MR) is 55.5 cm³/mol. The minimum absolute atomic E-state index is 0.233. The monoisotopic (exact) mass is 229 g/mol. The highest BCUT2D eigenvalue weighted by Gasteiger charge is 2.37. The molecule has 90 valence electrons. The van der Waals surface area contributed by atoms with Crippen LogP contribution in [0.25, 0.3) is 0 Å². The summed E-state index contributed by atoms with van der Waals surface area (Å²) < 4.78 is 15.4. The second kappa shape index (κ2) is 6.24. The van der Waals surface area contributed by atoms with Gasteiger partial charge in [-0.15, -0.1) is 0 Å². The lowest BCUT2D eigenvalue weighted by Gasteiger charge is -2.18. The molecule has 0 amide bonds. The summed E-state index contributed by atoms with van der Waals surface area (Å²) in [4.78, 5) is 10.5. The Labute approximate surface area is 93.3 Å². The molecule has 1 atom stereocenters. The van der Waals surface area contributed by atoms with Crippen LogP contribution in [0.15, 0.2) is 22.8 Å². The Morgan fingerprint density at radius 2 is 2.06 bits per heavy atom. The highest BCUT2D eigenvalue weighted by Crippen LogP contribution is 2.24. The summed E-state index contributed by atoms with van der Waals surface area (Å²) in [6, 6.07) is 2.01. The van der Waals surface area contributed by atoms with Gasteiger partial charge in [0.1, 0.15) is 0 Å². The van der Waals surface area contributed by atoms with Crippen molar-refractivity contribution >= 4 is 0 Å². The van der Waals surface area contributed by atoms with Crippen molar-refractivity contribution in [2.45, 2.75) is 26.2 Å². The van der Waals surface area contributed by atoms with Crippen molar-refractivity contribution in [2.24, 2.45) is 0 Å². The lowest BCUT2D eigenvalue weighted by Crippen LogP contribution is -2.30. The third-order valence-electron chi connectivity index (χ3n) is 1.98. The molecule has 0 aromatic carbocycles. The molecule has 0 spiro atoms. The number of ether oxygens (including phenoxy) is 2. The average Bonchev–Trinajstić information content (AvgIpc) is 2.71. The molecule has 1 heterocycles. The van der Waals surface area contributed by atoms with Gasteiger partial charge >= 0.3 is 6.04 Å². The standard InChI is InChI=1S/C10H15NO5/c1-3-14-10(15-4-2)9(11(12)13)8-6-5-7-16-8/h5-7,9-10H,3-4H2,1-2H3. The quantitative estimate of drug-likeness (QED) is 0.406. The smallest absolute Gasteiger partial charge is 0.319 e. The van der Waals surface area contributed by atoms with Crippen molar-refractivity contribution in [1.82, 2.24) is 0 Å². The molecule has 0 saturated heterocycles. The summed E-state index contributed by atoms with van der Waals surface area (Å²) in [5.41, 5.74) is 0. The van der Waals surface area contributed by atoms with Crippen molar-refractivity contribution in [3.63, 3.8) is 0 Å². The number of nitro groups is 1. The number of hydrogen-bond acceptors (Lipinski definition) is 5. The van der Waals surface area contributed by atoms with E-state index < -0.39 is 17.3 Å². The van der Waals surface area contributed by atoms with E-state index in [1.165, 1.54) is 6.26 Å². The minimum Gasteiger partial charge on any atom is -0.462 e. The number of furan rings is 1. The maximum absolute atomic E-state index is 11.0. The first-order valence-corrected chi connectivity index (χ1v) is 5.10. The zero-order valence-corrected chi connectivity index (χ0v) is 9.29. The Morgan fingerprint density at radius 1 is 1.44 bits per heavy atom. The maximum Gasteiger partial charge on any atom is 0.319 e. The normalized spacial score (nSPS) is 12.9. The van der Waals surface area contributed by atoms with Gasteiger partial charge in [-0.05, 0) is 26.0 Å². The molecule has 0 N–H and O–H groups in total. The highest BCUT2D eigenvalue weighted by molar-refractivity contribution is 5.02. The van der Waals surface area contributed by atoms with Gasteiger partial charge in [0, 0.05) is 18.1 Å². The lowest BCUT2D eigenvalue weighted by molar-refractivity contribution is -0.559. The molecule has 6 nitrogen and oxygen atoms in total. The first kappa shape index (κ1) is 12.7. The van der Waals surface area contributed by atoms with Crippen LogP contribution in [0.4, 0.5) is 0 Å². The molecule has 6 heteroatoms. The van der Waals surface area contributed by atoms with E-state index in [1.807, 2.05) is 0 Å². The summed E-state index contributed by atoms with van der Waals surface area (Å²) in [6.07, 6.45) is 0.469. The van der Waals surface area contributed by atoms with E-state index in [1.54, 1.807) is 26.0 Å². The van der Waals surface area contributed by atoms with Gasteiger partial charge in [-0.3, -0.25) is 10.1 Å². The third-order valence-corrected chi connectivity index (χ3v) is 1.98. The summed E-state index contributed by atoms with van der Waals surface area (Å²) >= 11 is 0. The van der Waals surface area contributed by atoms with Crippen molar-refractivity contribution in [3.8, 4) is 0 Å². The molecule has 1 rings (SSSR count). The van der Waals surface area contributed by atoms with Crippen LogP contribution < -0.4 is 0 Å². The van der Waals surface area contributed by atoms with E-state index in [2.05, 4.69) is 0 Å². The van der Waals surface area contributed by atoms with E-state index in [0.29, 0.717) is 13.2 Å². The minimum atomic E-state index is -1.13. The summed E-state index contributed by atoms with van der Waals surface area (Å²) in [5, 5.41) is 11.0. The fourth-order valence-corrected chi connectivity index (χ4v) is 1.36. The Bertz CT molecular complexity index is 305. The van der Waals surface area contributed by atoms with Crippen molar-refractivity contribution in [3.05, 3.63) is 34.3 Å². The topological polar surface area (TPSA) is 74.7 Å². The van der Waals surface area contributed by atoms with Crippen LogP contribution in [-0.2, 0) is 9.47 Å². The molecule has 0 radical (unpaired) electrons. The van der Waals surface area contributed by atoms with Gasteiger partial charge < -0.3 is 13.9 Å². The molecule has 1 unspecified atom stereocenters. The van der Waals surface area contributed by atoms with Crippen molar-refractivity contribution in [2.75, 3.05) is 13.2 Å². The number of rotatable bonds is 7. The largest absolute Gasteiger partial charge is 0.462 e. The van der Waals surface area contributed by atoms with Gasteiger partial charge in [-0.25, -0.2) is 0 Å². The SMILES string of the molecule is CCOC(OCC)C(c1ccco1)[N+](=O)[O-]. The van der Waals surface area contributed by atoms with Crippen LogP contribution >= 0.6 is 0 Å². The zero-order chi connectivity index (χ0) is 12.0. The third kappa shape index (κ3) is 3.04. The Hall–Kier alpha value is -1.40. The Kier molecular flexibility index (Phi) is 4.94. The van der Waals surface area contributed by atoms with Gasteiger partial charge in [0.2, 0.25) is 6.29 Å². The van der Waals surface area contributed by atoms with Crippen molar-refractivity contribution in [1.29, 1.82) is 0 Å². The molecule has 16 heavy (non-hydrogen) atoms. The number of hydrogen-bond donors (Lipinski definition) is 0. The maximum atomic E-state index is 11.0. The number of nitrogens with zero attached hydrogens (tertiary/aromatic N) is 1. The Balaban J connectivity index is 2.85. The van der Waals surface area contributed by atoms with Crippen LogP contribution in [0.3, 0.4) is 0 Å². The molecule has 1 aromatic heterocycles. The van der Waals surface area contributed by atoms with Crippen LogP contribution in [0.5, 0.6) is 0 Å². The fourth-order valence-electron chi connectivity index (χ4n) is 1.36. The molecule has 0 fully saturated rings. The highest BCUT2D eigenvalue weighted by atomic mass is 16.7.